The van der Waals surface area contributed by atoms with Crippen LogP contribution in [0.15, 0.2) is 12.1 Å². The molecule has 1 heterocycles. The van der Waals surface area contributed by atoms with Crippen molar-refractivity contribution in [2.75, 3.05) is 39.8 Å². The van der Waals surface area contributed by atoms with Crippen LogP contribution in [0.1, 0.15) is 15.9 Å². The van der Waals surface area contributed by atoms with Crippen LogP contribution in [0.25, 0.3) is 0 Å². The normalized spacial score (nSPS) is 16.1. The summed E-state index contributed by atoms with van der Waals surface area (Å²) in [4.78, 5) is 13.8. The zero-order valence-corrected chi connectivity index (χ0v) is 11.6. The van der Waals surface area contributed by atoms with Crippen molar-refractivity contribution in [2.24, 2.45) is 0 Å². The highest BCUT2D eigenvalue weighted by atomic mass is 16.5. The van der Waals surface area contributed by atoms with Crippen molar-refractivity contribution < 1.29 is 19.7 Å². The molecule has 0 bridgehead atoms. The van der Waals surface area contributed by atoms with E-state index in [4.69, 9.17) is 0 Å². The monoisotopic (exact) mass is 280 g/mol. The van der Waals surface area contributed by atoms with Gasteiger partial charge in [0.25, 0.3) is 0 Å². The molecule has 1 aromatic rings. The van der Waals surface area contributed by atoms with E-state index in [9.17, 15) is 15.0 Å². The Kier molecular flexibility index (Phi) is 4.81. The van der Waals surface area contributed by atoms with Crippen LogP contribution in [0.5, 0.6) is 11.5 Å². The number of carbonyl (C=O) groups is 1. The van der Waals surface area contributed by atoms with Gasteiger partial charge in [0.1, 0.15) is 17.1 Å². The molecule has 0 aromatic heterocycles. The van der Waals surface area contributed by atoms with Crippen LogP contribution >= 0.6 is 0 Å². The molecule has 0 aliphatic carbocycles. The van der Waals surface area contributed by atoms with Crippen LogP contribution in [0.4, 0.5) is 0 Å². The maximum absolute atomic E-state index is 11.5. The largest absolute Gasteiger partial charge is 0.508 e. The van der Waals surface area contributed by atoms with Crippen LogP contribution < -0.4 is 5.32 Å². The topological polar surface area (TPSA) is 82.0 Å². The molecule has 0 saturated carbocycles. The first-order valence-electron chi connectivity index (χ1n) is 6.68. The molecule has 20 heavy (non-hydrogen) atoms. The van der Waals surface area contributed by atoms with Crippen LogP contribution in [-0.2, 0) is 11.2 Å². The van der Waals surface area contributed by atoms with Gasteiger partial charge in [-0.2, -0.15) is 0 Å². The number of hydrogen-bond donors (Lipinski definition) is 3. The Bertz CT molecular complexity index is 484. The van der Waals surface area contributed by atoms with E-state index in [1.165, 1.54) is 19.2 Å². The van der Waals surface area contributed by atoms with Crippen molar-refractivity contribution in [2.45, 2.75) is 6.42 Å². The minimum absolute atomic E-state index is 0.00490. The van der Waals surface area contributed by atoms with E-state index in [1.807, 2.05) is 0 Å². The van der Waals surface area contributed by atoms with Gasteiger partial charge in [0.2, 0.25) is 0 Å². The number of hydrogen-bond acceptors (Lipinski definition) is 6. The Morgan fingerprint density at radius 1 is 1.30 bits per heavy atom. The number of nitrogens with one attached hydrogen (secondary N) is 1. The Morgan fingerprint density at radius 2 is 2.00 bits per heavy atom. The van der Waals surface area contributed by atoms with Gasteiger partial charge >= 0.3 is 5.97 Å². The maximum Gasteiger partial charge on any atom is 0.341 e. The van der Waals surface area contributed by atoms with Gasteiger partial charge in [0.15, 0.2) is 0 Å². The highest BCUT2D eigenvalue weighted by molar-refractivity contribution is 5.92. The highest BCUT2D eigenvalue weighted by Gasteiger charge is 2.16. The van der Waals surface area contributed by atoms with Gasteiger partial charge in [-0.25, -0.2) is 4.79 Å². The summed E-state index contributed by atoms with van der Waals surface area (Å²) in [5.41, 5.74) is 0.724. The number of phenols is 2. The summed E-state index contributed by atoms with van der Waals surface area (Å²) in [6.45, 7) is 4.69. The van der Waals surface area contributed by atoms with Gasteiger partial charge in [0, 0.05) is 38.8 Å². The second-order valence-electron chi connectivity index (χ2n) is 4.83. The minimum atomic E-state index is -0.606. The number of nitrogens with zero attached hydrogens (tertiary/aromatic N) is 1. The number of rotatable bonds is 4. The second kappa shape index (κ2) is 6.58. The molecule has 0 spiro atoms. The summed E-state index contributed by atoms with van der Waals surface area (Å²) in [6, 6.07) is 2.69. The molecule has 1 aliphatic heterocycles. The molecule has 1 aliphatic rings. The van der Waals surface area contributed by atoms with Crippen molar-refractivity contribution in [3.8, 4) is 11.5 Å². The standard InChI is InChI=1S/C14H20N2O4/c1-20-14(19)11-8-10(12(17)9-13(11)18)2-5-16-6-3-15-4-7-16/h8-9,15,17-18H,2-7H2,1H3. The van der Waals surface area contributed by atoms with Gasteiger partial charge in [-0.3, -0.25) is 0 Å². The number of ether oxygens (including phenoxy) is 1. The molecule has 1 aromatic carbocycles. The van der Waals surface area contributed by atoms with E-state index in [0.717, 1.165) is 32.7 Å². The molecule has 1 saturated heterocycles. The van der Waals surface area contributed by atoms with Gasteiger partial charge in [0.05, 0.1) is 7.11 Å². The van der Waals surface area contributed by atoms with Gasteiger partial charge < -0.3 is 25.2 Å². The van der Waals surface area contributed by atoms with E-state index in [0.29, 0.717) is 12.0 Å². The lowest BCUT2D eigenvalue weighted by atomic mass is 10.1. The fourth-order valence-electron chi connectivity index (χ4n) is 2.31. The average molecular weight is 280 g/mol. The Balaban J connectivity index is 2.08. The molecule has 0 radical (unpaired) electrons. The van der Waals surface area contributed by atoms with Crippen LogP contribution in [0.2, 0.25) is 0 Å². The van der Waals surface area contributed by atoms with E-state index >= 15 is 0 Å². The van der Waals surface area contributed by atoms with E-state index in [1.54, 1.807) is 0 Å². The third-order valence-corrected chi connectivity index (χ3v) is 3.51. The second-order valence-corrected chi connectivity index (χ2v) is 4.83. The number of benzene rings is 1. The third-order valence-electron chi connectivity index (χ3n) is 3.51. The van der Waals surface area contributed by atoms with Gasteiger partial charge in [-0.05, 0) is 18.1 Å². The quantitative estimate of drug-likeness (QED) is 0.690. The lowest BCUT2D eigenvalue weighted by Gasteiger charge is -2.27. The van der Waals surface area contributed by atoms with Gasteiger partial charge in [-0.15, -0.1) is 0 Å². The predicted molar refractivity (Wildman–Crippen MR) is 74.1 cm³/mol. The number of piperazine rings is 1. The molecule has 6 heteroatoms. The number of phenolic OH excluding ortho intramolecular Hbond substituents is 2. The Labute approximate surface area is 118 Å². The first-order valence-corrected chi connectivity index (χ1v) is 6.68. The zero-order valence-electron chi connectivity index (χ0n) is 11.6. The molecule has 1 fully saturated rings. The maximum atomic E-state index is 11.5. The van der Waals surface area contributed by atoms with Gasteiger partial charge in [-0.1, -0.05) is 0 Å². The summed E-state index contributed by atoms with van der Waals surface area (Å²) in [5, 5.41) is 22.8. The van der Waals surface area contributed by atoms with E-state index < -0.39 is 5.97 Å². The molecular formula is C14H20N2O4. The summed E-state index contributed by atoms with van der Waals surface area (Å²) in [7, 11) is 1.26. The van der Waals surface area contributed by atoms with Crippen LogP contribution in [0, 0.1) is 0 Å². The number of carbonyl (C=O) groups excluding carboxylic acids is 1. The minimum Gasteiger partial charge on any atom is -0.508 e. The first-order chi connectivity index (χ1) is 9.61. The number of aromatic hydroxyl groups is 2. The van der Waals surface area contributed by atoms with Crippen molar-refractivity contribution in [3.63, 3.8) is 0 Å². The van der Waals surface area contributed by atoms with E-state index in [-0.39, 0.29) is 17.1 Å². The van der Waals surface area contributed by atoms with Crippen molar-refractivity contribution in [3.05, 3.63) is 23.3 Å². The summed E-state index contributed by atoms with van der Waals surface area (Å²) >= 11 is 0. The SMILES string of the molecule is COC(=O)c1cc(CCN2CCNCC2)c(O)cc1O. The summed E-state index contributed by atoms with van der Waals surface area (Å²) in [5.74, 6) is -0.864. The molecular weight excluding hydrogens is 260 g/mol. The fraction of sp³-hybridized carbons (Fsp3) is 0.500. The van der Waals surface area contributed by atoms with Crippen LogP contribution in [-0.4, -0.2) is 60.9 Å². The summed E-state index contributed by atoms with van der Waals surface area (Å²) in [6.07, 6.45) is 0.621. The molecule has 110 valence electrons. The lowest BCUT2D eigenvalue weighted by Crippen LogP contribution is -2.44. The highest BCUT2D eigenvalue weighted by Crippen LogP contribution is 2.28. The predicted octanol–water partition coefficient (Wildman–Crippen LogP) is 0.332. The summed E-state index contributed by atoms with van der Waals surface area (Å²) < 4.78 is 4.61. The fourth-order valence-corrected chi connectivity index (χ4v) is 2.31. The first kappa shape index (κ1) is 14.6. The molecule has 0 unspecified atom stereocenters. The molecule has 6 nitrogen and oxygen atoms in total. The van der Waals surface area contributed by atoms with Crippen molar-refractivity contribution in [1.82, 2.24) is 10.2 Å². The molecule has 2 rings (SSSR count). The Hall–Kier alpha value is -1.79. The van der Waals surface area contributed by atoms with Crippen LogP contribution in [0.3, 0.4) is 0 Å². The molecule has 0 atom stereocenters. The smallest absolute Gasteiger partial charge is 0.341 e. The molecule has 3 N–H and O–H groups in total. The molecule has 0 amide bonds. The number of methoxy groups -OCH3 is 1. The lowest BCUT2D eigenvalue weighted by molar-refractivity contribution is 0.0597. The average Bonchev–Trinajstić information content (AvgIpc) is 2.46. The van der Waals surface area contributed by atoms with E-state index in [2.05, 4.69) is 15.0 Å². The zero-order chi connectivity index (χ0) is 14.5. The Morgan fingerprint density at radius 3 is 2.65 bits per heavy atom. The number of esters is 1. The van der Waals surface area contributed by atoms with Crippen molar-refractivity contribution >= 4 is 5.97 Å². The van der Waals surface area contributed by atoms with Crippen molar-refractivity contribution in [1.29, 1.82) is 0 Å². The third kappa shape index (κ3) is 3.40.